The van der Waals surface area contributed by atoms with Crippen molar-refractivity contribution in [2.45, 2.75) is 162 Å². The molecular formula is C38H92O2S5. The molecule has 45 heavy (non-hydrogen) atoms. The number of hydrogen-bond donors (Lipinski definition) is 0. The highest BCUT2D eigenvalue weighted by atomic mass is 32.2. The van der Waals surface area contributed by atoms with Crippen LogP contribution in [0.15, 0.2) is 0 Å². The first kappa shape index (κ1) is 65.1. The van der Waals surface area contributed by atoms with E-state index in [0.717, 1.165) is 39.3 Å². The van der Waals surface area contributed by atoms with Crippen LogP contribution in [0.5, 0.6) is 0 Å². The van der Waals surface area contributed by atoms with Gasteiger partial charge in [0.1, 0.15) is 0 Å². The Balaban J connectivity index is -0.0000000662. The standard InChI is InChI=1S/C10H22S2.C9H20S2.C8H18O2.C7H16S.4CH4/c1-3-5-7-11-9-10-12-8-6-4-2;1-3-6-10-8-5-9-11-7-4-2;1-3-5-9-7-8-10-6-4-2;1-3-5-7-8-6-4-2;;;;/h3-10H2,1-2H3;3-9H2,1-2H3;3-8H2,1-2H3;3-7H2,1-2H3;4*1H4. The lowest BCUT2D eigenvalue weighted by Gasteiger charge is -2.02. The molecule has 0 amide bonds. The van der Waals surface area contributed by atoms with E-state index in [2.05, 4.69) is 114 Å². The maximum atomic E-state index is 5.20. The molecule has 2 nitrogen and oxygen atoms in total. The molecular weight excluding hydrogens is 649 g/mol. The minimum absolute atomic E-state index is 0. The molecule has 0 aromatic rings. The topological polar surface area (TPSA) is 18.5 Å². The Morgan fingerprint density at radius 3 is 0.778 bits per heavy atom. The first-order valence-electron chi connectivity index (χ1n) is 17.2. The minimum Gasteiger partial charge on any atom is -0.379 e. The van der Waals surface area contributed by atoms with Crippen molar-refractivity contribution in [1.82, 2.24) is 0 Å². The van der Waals surface area contributed by atoms with Crippen LogP contribution in [0, 0.1) is 0 Å². The van der Waals surface area contributed by atoms with Crippen LogP contribution >= 0.6 is 58.8 Å². The SMILES string of the molecule is C.C.C.C.CCCCSCCC.CCCCSCCSCCCC.CCCOCCOCCC.CCCSCCCSCCC. The fourth-order valence-electron chi connectivity index (χ4n) is 2.67. The van der Waals surface area contributed by atoms with Crippen molar-refractivity contribution < 1.29 is 9.47 Å². The van der Waals surface area contributed by atoms with Crippen molar-refractivity contribution in [2.75, 3.05) is 84.0 Å². The lowest BCUT2D eigenvalue weighted by atomic mass is 10.4. The van der Waals surface area contributed by atoms with Crippen LogP contribution in [-0.4, -0.2) is 84.0 Å². The van der Waals surface area contributed by atoms with Crippen molar-refractivity contribution in [1.29, 1.82) is 0 Å². The predicted molar refractivity (Wildman–Crippen MR) is 236 cm³/mol. The van der Waals surface area contributed by atoms with E-state index in [0.29, 0.717) is 0 Å². The summed E-state index contributed by atoms with van der Waals surface area (Å²) < 4.78 is 10.4. The predicted octanol–water partition coefficient (Wildman–Crippen LogP) is 15.0. The van der Waals surface area contributed by atoms with Crippen molar-refractivity contribution in [3.63, 3.8) is 0 Å². The van der Waals surface area contributed by atoms with E-state index in [1.54, 1.807) is 0 Å². The Morgan fingerprint density at radius 1 is 0.267 bits per heavy atom. The minimum atomic E-state index is 0. The summed E-state index contributed by atoms with van der Waals surface area (Å²) in [5.74, 6) is 13.6. The highest BCUT2D eigenvalue weighted by Crippen LogP contribution is 2.11. The average molecular weight is 741 g/mol. The van der Waals surface area contributed by atoms with Gasteiger partial charge in [-0.1, -0.05) is 104 Å². The monoisotopic (exact) mass is 741 g/mol. The van der Waals surface area contributed by atoms with E-state index < -0.39 is 0 Å². The summed E-state index contributed by atoms with van der Waals surface area (Å²) in [7, 11) is 0. The zero-order valence-corrected chi connectivity index (χ0v) is 33.3. The highest BCUT2D eigenvalue weighted by Gasteiger charge is 1.91. The van der Waals surface area contributed by atoms with Gasteiger partial charge in [0.25, 0.3) is 0 Å². The van der Waals surface area contributed by atoms with Gasteiger partial charge >= 0.3 is 0 Å². The summed E-state index contributed by atoms with van der Waals surface area (Å²) in [4.78, 5) is 0. The second-order valence-corrected chi connectivity index (χ2v) is 15.8. The number of ether oxygens (including phenoxy) is 2. The first-order chi connectivity index (χ1) is 20.2. The lowest BCUT2D eigenvalue weighted by Crippen LogP contribution is -2.04. The van der Waals surface area contributed by atoms with Crippen molar-refractivity contribution in [3.8, 4) is 0 Å². The van der Waals surface area contributed by atoms with E-state index in [9.17, 15) is 0 Å². The van der Waals surface area contributed by atoms with E-state index in [1.165, 1.54) is 122 Å². The summed E-state index contributed by atoms with van der Waals surface area (Å²) in [5.41, 5.74) is 0. The summed E-state index contributed by atoms with van der Waals surface area (Å²) in [6.45, 7) is 20.9. The largest absolute Gasteiger partial charge is 0.379 e. The molecule has 0 spiro atoms. The summed E-state index contributed by atoms with van der Waals surface area (Å²) in [6.07, 6.45) is 15.8. The number of unbranched alkanes of at least 4 members (excludes halogenated alkanes) is 3. The Labute approximate surface area is 312 Å². The third-order valence-corrected chi connectivity index (χ3v) is 11.2. The number of hydrogen-bond acceptors (Lipinski definition) is 7. The smallest absolute Gasteiger partial charge is 0.0700 e. The Bertz CT molecular complexity index is 335. The second kappa shape index (κ2) is 75.8. The molecule has 0 saturated heterocycles. The number of rotatable bonds is 29. The summed E-state index contributed by atoms with van der Waals surface area (Å²) in [5, 5.41) is 0. The van der Waals surface area contributed by atoms with Gasteiger partial charge in [-0.3, -0.25) is 0 Å². The van der Waals surface area contributed by atoms with Crippen molar-refractivity contribution >= 4 is 58.8 Å². The molecule has 0 fully saturated rings. The molecule has 0 radical (unpaired) electrons. The van der Waals surface area contributed by atoms with Crippen LogP contribution in [0.25, 0.3) is 0 Å². The molecule has 0 aromatic carbocycles. The summed E-state index contributed by atoms with van der Waals surface area (Å²) in [6, 6.07) is 0. The van der Waals surface area contributed by atoms with E-state index in [1.807, 2.05) is 0 Å². The normalized spacial score (nSPS) is 9.33. The molecule has 0 aliphatic rings. The third kappa shape index (κ3) is 92.6. The fourth-order valence-corrected chi connectivity index (χ4v) is 7.86. The molecule has 7 heteroatoms. The Kier molecular flexibility index (Phi) is 110. The molecule has 0 N–H and O–H groups in total. The molecule has 0 saturated carbocycles. The van der Waals surface area contributed by atoms with Gasteiger partial charge in [-0.2, -0.15) is 58.8 Å². The van der Waals surface area contributed by atoms with Crippen LogP contribution in [-0.2, 0) is 9.47 Å². The zero-order chi connectivity index (χ0) is 31.3. The van der Waals surface area contributed by atoms with Crippen LogP contribution in [0.4, 0.5) is 0 Å². The van der Waals surface area contributed by atoms with E-state index in [-0.39, 0.29) is 29.7 Å². The van der Waals surface area contributed by atoms with Gasteiger partial charge in [0, 0.05) is 24.7 Å². The molecule has 0 heterocycles. The van der Waals surface area contributed by atoms with E-state index >= 15 is 0 Å². The maximum absolute atomic E-state index is 5.20. The highest BCUT2D eigenvalue weighted by molar-refractivity contribution is 8.03. The van der Waals surface area contributed by atoms with Gasteiger partial charge in [-0.25, -0.2) is 0 Å². The van der Waals surface area contributed by atoms with Gasteiger partial charge < -0.3 is 9.47 Å². The lowest BCUT2D eigenvalue weighted by molar-refractivity contribution is 0.0483. The molecule has 0 bridgehead atoms. The van der Waals surface area contributed by atoms with Gasteiger partial charge in [-0.05, 0) is 104 Å². The quantitative estimate of drug-likeness (QED) is 0.0702. The molecule has 0 atom stereocenters. The average Bonchev–Trinajstić information content (AvgIpc) is 2.99. The molecule has 0 unspecified atom stereocenters. The Hall–Kier alpha value is 1.67. The fraction of sp³-hybridized carbons (Fsp3) is 1.00. The van der Waals surface area contributed by atoms with Gasteiger partial charge in [0.15, 0.2) is 0 Å². The van der Waals surface area contributed by atoms with Crippen molar-refractivity contribution in [3.05, 3.63) is 0 Å². The van der Waals surface area contributed by atoms with Gasteiger partial charge in [-0.15, -0.1) is 0 Å². The number of thioether (sulfide) groups is 5. The first-order valence-corrected chi connectivity index (χ1v) is 23.0. The maximum Gasteiger partial charge on any atom is 0.0700 e. The van der Waals surface area contributed by atoms with Gasteiger partial charge in [0.2, 0.25) is 0 Å². The second-order valence-electron chi connectivity index (χ2n) is 9.70. The molecule has 0 aromatic heterocycles. The summed E-state index contributed by atoms with van der Waals surface area (Å²) >= 11 is 10.5. The van der Waals surface area contributed by atoms with E-state index in [4.69, 9.17) is 9.47 Å². The zero-order valence-electron chi connectivity index (χ0n) is 29.2. The third-order valence-electron chi connectivity index (χ3n) is 4.99. The Morgan fingerprint density at radius 2 is 0.533 bits per heavy atom. The molecule has 286 valence electrons. The molecule has 0 rings (SSSR count). The van der Waals surface area contributed by atoms with Crippen LogP contribution in [0.3, 0.4) is 0 Å². The van der Waals surface area contributed by atoms with Crippen LogP contribution in [0.2, 0.25) is 0 Å². The molecule has 0 aliphatic heterocycles. The van der Waals surface area contributed by atoms with Crippen molar-refractivity contribution in [2.24, 2.45) is 0 Å². The van der Waals surface area contributed by atoms with Crippen LogP contribution in [0.1, 0.15) is 162 Å². The van der Waals surface area contributed by atoms with Gasteiger partial charge in [0.05, 0.1) is 13.2 Å². The van der Waals surface area contributed by atoms with Crippen LogP contribution < -0.4 is 0 Å². The molecule has 0 aliphatic carbocycles.